The summed E-state index contributed by atoms with van der Waals surface area (Å²) < 4.78 is 11.1. The SMILES string of the molecule is N#Cc1cc(C#N)nc(-c2cccc(-n3c4ccccc4c4ccccc43)c2)c1.N#Cc1ccc(-c2cccc(-n3c4ccccc4c4ccccc43)c2)c(C#N)n1.N#Cc1ccc(C#N)c(-c2cccc(-n3c4ccccc4c4ccccc43)c2)n1.N#Cc1cnc(-c2cccc(-n3c4ccccc4c4ccccc43)c2)c(C#N)c1.N#Cc1cnc(-c2cccc(-n3c4ccccc4c4ccccc43)c2)cc1C#N. The molecule has 0 N–H and O–H groups in total. The van der Waals surface area contributed by atoms with Gasteiger partial charge in [0.2, 0.25) is 0 Å². The third-order valence-electron chi connectivity index (χ3n) is 25.5. The van der Waals surface area contributed by atoms with Gasteiger partial charge in [0.25, 0.3) is 0 Å². The first kappa shape index (κ1) is 89.5. The lowest BCUT2D eigenvalue weighted by molar-refractivity contribution is 1.17. The molecule has 0 saturated carbocycles. The second-order valence-electron chi connectivity index (χ2n) is 33.8. The van der Waals surface area contributed by atoms with Gasteiger partial charge < -0.3 is 22.8 Å². The summed E-state index contributed by atoms with van der Waals surface area (Å²) in [6.07, 6.45) is 2.96. The topological polar surface area (TPSA) is 327 Å². The van der Waals surface area contributed by atoms with Crippen LogP contribution in [0.1, 0.15) is 56.2 Å². The summed E-state index contributed by atoms with van der Waals surface area (Å²) in [6, 6.07) is 157. The standard InChI is InChI=1S/5C25H14N4/c26-14-17-12-19(15-27)25(28-16-17)18-6-5-7-20(13-18)29-23-10-3-1-8-21(23)22-9-2-4-11-24(22)29;26-15-17-12-19(16-27)28-23(13-17)18-6-5-7-20(14-18)29-24-10-3-1-8-21(24)22-9-2-4-11-25(22)29;26-14-18-13-23(28-16-19(18)15-27)17-6-5-7-20(12-17)29-24-10-3-1-8-21(24)22-9-2-4-11-25(22)29;26-15-18-12-13-19(16-27)28-25(18)17-6-5-7-20(14-17)29-23-10-3-1-8-21(23)22-9-2-4-11-24(22)29;26-15-18-12-13-20(23(16-27)28-18)17-6-5-7-19(14-17)29-24-10-3-1-8-21(24)22-9-2-4-11-25(22)29/h1-13,16H;1-14H;1-13,16H;2*1-14H. The van der Waals surface area contributed by atoms with Gasteiger partial charge in [0, 0.05) is 123 Å². The number of rotatable bonds is 10. The van der Waals surface area contributed by atoms with Gasteiger partial charge in [-0.3, -0.25) is 9.97 Å². The van der Waals surface area contributed by atoms with Crippen LogP contribution in [-0.2, 0) is 0 Å². The van der Waals surface area contributed by atoms with E-state index in [-0.39, 0.29) is 22.6 Å². The van der Waals surface area contributed by atoms with Gasteiger partial charge in [0.1, 0.15) is 77.4 Å². The molecule has 25 rings (SSSR count). The zero-order chi connectivity index (χ0) is 99.0. The Labute approximate surface area is 830 Å². The van der Waals surface area contributed by atoms with Crippen molar-refractivity contribution in [3.05, 3.63) is 481 Å². The van der Waals surface area contributed by atoms with Crippen molar-refractivity contribution in [1.29, 1.82) is 52.6 Å². The molecule has 0 unspecified atom stereocenters. The smallest absolute Gasteiger partial charge is 0.149 e. The van der Waals surface area contributed by atoms with Crippen molar-refractivity contribution in [2.24, 2.45) is 0 Å². The van der Waals surface area contributed by atoms with Crippen LogP contribution in [0.2, 0.25) is 0 Å². The van der Waals surface area contributed by atoms with Crippen LogP contribution in [0.4, 0.5) is 0 Å². The zero-order valence-electron chi connectivity index (χ0n) is 76.9. The number of nitrogens with zero attached hydrogens (tertiary/aromatic N) is 20. The van der Waals surface area contributed by atoms with E-state index in [0.29, 0.717) is 61.9 Å². The Morgan fingerprint density at radius 3 is 0.848 bits per heavy atom. The Morgan fingerprint density at radius 2 is 0.497 bits per heavy atom. The van der Waals surface area contributed by atoms with Crippen molar-refractivity contribution in [1.82, 2.24) is 47.8 Å². The molecule has 0 spiro atoms. The van der Waals surface area contributed by atoms with Crippen LogP contribution in [0.25, 0.3) is 194 Å². The molecule has 10 heterocycles. The molecule has 0 amide bonds. The fraction of sp³-hybridized carbons (Fsp3) is 0. The molecule has 10 aromatic heterocycles. The van der Waals surface area contributed by atoms with E-state index in [1.54, 1.807) is 42.5 Å². The van der Waals surface area contributed by atoms with Gasteiger partial charge in [-0.25, -0.2) is 15.0 Å². The monoisotopic (exact) mass is 1850 g/mol. The fourth-order valence-electron chi connectivity index (χ4n) is 19.1. The summed E-state index contributed by atoms with van der Waals surface area (Å²) in [5.41, 5.74) is 26.9. The molecule has 0 aliphatic carbocycles. The highest BCUT2D eigenvalue weighted by molar-refractivity contribution is 6.14. The first-order chi connectivity index (χ1) is 71.5. The van der Waals surface area contributed by atoms with Gasteiger partial charge in [-0.2, -0.15) is 52.6 Å². The lowest BCUT2D eigenvalue weighted by Gasteiger charge is -2.11. The van der Waals surface area contributed by atoms with Gasteiger partial charge in [-0.1, -0.05) is 243 Å². The molecule has 0 radical (unpaired) electrons. The molecule has 0 atom stereocenters. The maximum atomic E-state index is 9.53. The van der Waals surface area contributed by atoms with Crippen molar-refractivity contribution in [3.63, 3.8) is 0 Å². The van der Waals surface area contributed by atoms with Crippen molar-refractivity contribution in [3.8, 4) is 145 Å². The molecule has 25 aromatic rings. The average molecular weight is 1850 g/mol. The van der Waals surface area contributed by atoms with E-state index in [4.69, 9.17) is 15.8 Å². The Hall–Kier alpha value is -22.0. The third-order valence-corrected chi connectivity index (χ3v) is 25.5. The highest BCUT2D eigenvalue weighted by Crippen LogP contribution is 2.41. The number of hydrogen-bond donors (Lipinski definition) is 0. The Kier molecular flexibility index (Phi) is 24.3. The summed E-state index contributed by atoms with van der Waals surface area (Å²) in [7, 11) is 0. The van der Waals surface area contributed by atoms with Crippen molar-refractivity contribution < 1.29 is 0 Å². The highest BCUT2D eigenvalue weighted by Gasteiger charge is 2.22. The minimum absolute atomic E-state index is 0.237. The van der Waals surface area contributed by atoms with E-state index >= 15 is 0 Å². The van der Waals surface area contributed by atoms with Gasteiger partial charge in [-0.15, -0.1) is 0 Å². The Bertz CT molecular complexity index is 9520. The number of pyridine rings is 5. The maximum Gasteiger partial charge on any atom is 0.149 e. The fourth-order valence-corrected chi connectivity index (χ4v) is 19.1. The normalized spacial score (nSPS) is 10.7. The summed E-state index contributed by atoms with van der Waals surface area (Å²) in [5.74, 6) is 0. The molecule has 20 nitrogen and oxygen atoms in total. The van der Waals surface area contributed by atoms with Gasteiger partial charge in [0.15, 0.2) is 0 Å². The zero-order valence-corrected chi connectivity index (χ0v) is 76.9. The van der Waals surface area contributed by atoms with Crippen molar-refractivity contribution in [2.75, 3.05) is 0 Å². The molecule has 20 heteroatoms. The van der Waals surface area contributed by atoms with Crippen LogP contribution in [0.15, 0.2) is 425 Å². The van der Waals surface area contributed by atoms with Gasteiger partial charge in [-0.05, 0) is 175 Å². The molecular weight excluding hydrogens is 1780 g/mol. The third kappa shape index (κ3) is 16.9. The number of aromatic nitrogens is 10. The number of fused-ring (bicyclic) bond motifs is 15. The van der Waals surface area contributed by atoms with Crippen LogP contribution in [0, 0.1) is 113 Å². The molecule has 0 fully saturated rings. The second-order valence-corrected chi connectivity index (χ2v) is 33.8. The van der Waals surface area contributed by atoms with Crippen molar-refractivity contribution in [2.45, 2.75) is 0 Å². The average Bonchev–Trinajstić information content (AvgIpc) is 1.62. The predicted octanol–water partition coefficient (Wildman–Crippen LogP) is 27.9. The summed E-state index contributed by atoms with van der Waals surface area (Å²) in [5, 5.41) is 105. The van der Waals surface area contributed by atoms with E-state index < -0.39 is 0 Å². The van der Waals surface area contributed by atoms with E-state index in [2.05, 4.69) is 290 Å². The number of nitriles is 10. The minimum atomic E-state index is 0.237. The highest BCUT2D eigenvalue weighted by atomic mass is 15.0. The van der Waals surface area contributed by atoms with E-state index in [1.165, 1.54) is 72.3 Å². The molecule has 0 bridgehead atoms. The first-order valence-corrected chi connectivity index (χ1v) is 46.0. The lowest BCUT2D eigenvalue weighted by Crippen LogP contribution is -1.96. The first-order valence-electron chi connectivity index (χ1n) is 46.0. The molecule has 0 saturated heterocycles. The molecular formula is C125H70N20. The number of para-hydroxylation sites is 10. The second kappa shape index (κ2) is 39.3. The van der Waals surface area contributed by atoms with Crippen LogP contribution in [0.5, 0.6) is 0 Å². The van der Waals surface area contributed by atoms with Gasteiger partial charge >= 0.3 is 0 Å². The maximum absolute atomic E-state index is 9.53. The van der Waals surface area contributed by atoms with E-state index in [1.807, 2.05) is 182 Å². The lowest BCUT2D eigenvalue weighted by atomic mass is 10.0. The number of benzene rings is 15. The number of hydrogen-bond acceptors (Lipinski definition) is 15. The van der Waals surface area contributed by atoms with Gasteiger partial charge in [0.05, 0.1) is 117 Å². The predicted molar refractivity (Wildman–Crippen MR) is 567 cm³/mol. The summed E-state index contributed by atoms with van der Waals surface area (Å²) >= 11 is 0. The van der Waals surface area contributed by atoms with Crippen LogP contribution >= 0.6 is 0 Å². The molecule has 15 aromatic carbocycles. The van der Waals surface area contributed by atoms with E-state index in [0.717, 1.165) is 111 Å². The van der Waals surface area contributed by atoms with E-state index in [9.17, 15) is 36.8 Å². The summed E-state index contributed by atoms with van der Waals surface area (Å²) in [4.78, 5) is 21.7. The minimum Gasteiger partial charge on any atom is -0.309 e. The molecule has 0 aliphatic rings. The van der Waals surface area contributed by atoms with Crippen molar-refractivity contribution >= 4 is 109 Å². The Balaban J connectivity index is 0.000000107. The van der Waals surface area contributed by atoms with Crippen LogP contribution in [-0.4, -0.2) is 47.8 Å². The molecule has 0 aliphatic heterocycles. The molecule has 670 valence electrons. The summed E-state index contributed by atoms with van der Waals surface area (Å²) in [6.45, 7) is 0. The quantitative estimate of drug-likeness (QED) is 0.123. The van der Waals surface area contributed by atoms with Crippen LogP contribution in [0.3, 0.4) is 0 Å². The largest absolute Gasteiger partial charge is 0.309 e. The molecule has 145 heavy (non-hydrogen) atoms. The van der Waals surface area contributed by atoms with Crippen LogP contribution < -0.4 is 0 Å². The Morgan fingerprint density at radius 1 is 0.179 bits per heavy atom.